The fourth-order valence-corrected chi connectivity index (χ4v) is 19.8. The summed E-state index contributed by atoms with van der Waals surface area (Å²) in [7, 11) is -0.0689. The van der Waals surface area contributed by atoms with Gasteiger partial charge in [-0.05, 0) is 235 Å². The molecule has 0 radical (unpaired) electrons. The van der Waals surface area contributed by atoms with E-state index in [-0.39, 0.29) is 70.7 Å². The number of Topliss-reactive ketones (excluding diaryl/α,β-unsaturated/α-hetero) is 3. The fraction of sp³-hybridized carbons (Fsp3) is 0.482. The number of rotatable bonds is 9. The van der Waals surface area contributed by atoms with E-state index in [1.54, 1.807) is 35.1 Å². The lowest BCUT2D eigenvalue weighted by molar-refractivity contribution is -0.129. The van der Waals surface area contributed by atoms with Crippen molar-refractivity contribution in [2.45, 2.75) is 258 Å². The molecule has 6 aliphatic carbocycles. The van der Waals surface area contributed by atoms with Crippen molar-refractivity contribution in [1.29, 1.82) is 0 Å². The van der Waals surface area contributed by atoms with Crippen LogP contribution >= 0.6 is 23.9 Å². The molecule has 0 amide bonds. The van der Waals surface area contributed by atoms with Gasteiger partial charge in [-0.15, -0.1) is 0 Å². The van der Waals surface area contributed by atoms with Gasteiger partial charge in [0.25, 0.3) is 0 Å². The number of hydrogen-bond acceptors (Lipinski definition) is 6. The normalized spacial score (nSPS) is 19.4. The number of halogens is 1. The van der Waals surface area contributed by atoms with Gasteiger partial charge in [0.05, 0.1) is 12.0 Å². The lowest BCUT2D eigenvalue weighted by atomic mass is 9.62. The number of aryl methyl sites for hydroxylation is 5. The van der Waals surface area contributed by atoms with Crippen molar-refractivity contribution in [2.75, 3.05) is 0 Å². The van der Waals surface area contributed by atoms with Crippen molar-refractivity contribution in [1.82, 2.24) is 0 Å². The fourth-order valence-electron chi connectivity index (χ4n) is 15.6. The highest BCUT2D eigenvalue weighted by molar-refractivity contribution is 9.10. The van der Waals surface area contributed by atoms with Crippen molar-refractivity contribution in [2.24, 2.45) is 0 Å². The van der Waals surface area contributed by atoms with E-state index in [9.17, 15) is 29.1 Å². The molecule has 0 bridgehead atoms. The highest BCUT2D eigenvalue weighted by Gasteiger charge is 2.40. The molecule has 482 valence electrons. The first kappa shape index (κ1) is 69.5. The molecule has 6 nitrogen and oxygen atoms in total. The van der Waals surface area contributed by atoms with E-state index in [2.05, 4.69) is 160 Å². The van der Waals surface area contributed by atoms with E-state index < -0.39 is 0 Å². The Morgan fingerprint density at radius 2 is 0.879 bits per heavy atom. The van der Waals surface area contributed by atoms with Crippen LogP contribution in [0.1, 0.15) is 278 Å². The van der Waals surface area contributed by atoms with Gasteiger partial charge < -0.3 is 5.11 Å². The van der Waals surface area contributed by atoms with Crippen molar-refractivity contribution in [3.05, 3.63) is 197 Å². The van der Waals surface area contributed by atoms with E-state index in [1.165, 1.54) is 115 Å². The van der Waals surface area contributed by atoms with Crippen LogP contribution in [0, 0.1) is 34.6 Å². The highest BCUT2D eigenvalue weighted by Crippen LogP contribution is 2.57. The van der Waals surface area contributed by atoms with Gasteiger partial charge in [0.15, 0.2) is 17.3 Å². The summed E-state index contributed by atoms with van der Waals surface area (Å²) in [6.07, 6.45) is 23.1. The molecule has 0 unspecified atom stereocenters. The Kier molecular flexibility index (Phi) is 22.3. The highest BCUT2D eigenvalue weighted by atomic mass is 79.9. The number of carbonyl (C=O) groups excluding carboxylic acids is 5. The molecule has 1 N–H and O–H groups in total. The Morgan fingerprint density at radius 1 is 0.473 bits per heavy atom. The maximum Gasteiger partial charge on any atom is 0.193 e. The lowest BCUT2D eigenvalue weighted by Gasteiger charge is -2.42. The molecule has 0 aromatic heterocycles. The summed E-state index contributed by atoms with van der Waals surface area (Å²) in [6.45, 7) is 29.3. The molecule has 91 heavy (non-hydrogen) atoms. The van der Waals surface area contributed by atoms with Crippen molar-refractivity contribution in [3.8, 4) is 11.1 Å². The van der Waals surface area contributed by atoms with E-state index in [4.69, 9.17) is 0 Å². The Bertz CT molecular complexity index is 3660. The Morgan fingerprint density at radius 3 is 1.30 bits per heavy atom. The molecule has 0 aliphatic heterocycles. The number of fused-ring (bicyclic) bond motifs is 2. The maximum atomic E-state index is 13.4. The maximum absolute atomic E-state index is 13.4. The number of allylic oxidation sites excluding steroid dienone is 2. The Labute approximate surface area is 555 Å². The van der Waals surface area contributed by atoms with Crippen LogP contribution in [-0.2, 0) is 36.0 Å². The molecule has 0 spiro atoms. The van der Waals surface area contributed by atoms with Gasteiger partial charge >= 0.3 is 0 Å². The zero-order valence-electron chi connectivity index (χ0n) is 57.2. The van der Waals surface area contributed by atoms with Crippen LogP contribution in [0.3, 0.4) is 0 Å². The predicted octanol–water partition coefficient (Wildman–Crippen LogP) is 21.7. The number of carbonyl (C=O) groups is 5. The van der Waals surface area contributed by atoms with Crippen LogP contribution in [0.4, 0.5) is 0 Å². The molecule has 3 saturated carbocycles. The lowest BCUT2D eigenvalue weighted by Crippen LogP contribution is -2.34. The third-order valence-electron chi connectivity index (χ3n) is 21.2. The van der Waals surface area contributed by atoms with Crippen LogP contribution in [0.25, 0.3) is 16.7 Å². The molecule has 6 aliphatic rings. The number of aliphatic hydroxyl groups excluding tert-OH is 1. The summed E-state index contributed by atoms with van der Waals surface area (Å²) in [4.78, 5) is 59.6. The summed E-state index contributed by atoms with van der Waals surface area (Å²) in [5.74, 6) is 0.465. The van der Waals surface area contributed by atoms with Crippen LogP contribution in [0.15, 0.2) is 119 Å². The predicted molar refractivity (Wildman–Crippen MR) is 384 cm³/mol. The molecule has 0 atom stereocenters. The van der Waals surface area contributed by atoms with Gasteiger partial charge in [-0.1, -0.05) is 196 Å². The topological polar surface area (TPSA) is 106 Å². The summed E-state index contributed by atoms with van der Waals surface area (Å²) >= 11 is 3.43. The molecule has 6 aromatic carbocycles. The number of aliphatic hydroxyl groups is 1. The van der Waals surface area contributed by atoms with E-state index in [1.807, 2.05) is 31.2 Å². The molecule has 12 rings (SSSR count). The summed E-state index contributed by atoms with van der Waals surface area (Å²) in [5.41, 5.74) is 21.2. The average molecular weight is 1310 g/mol. The molecular weight excluding hydrogens is 1200 g/mol. The number of ketones is 5. The minimum atomic E-state index is -0.0689. The molecule has 3 fully saturated rings. The van der Waals surface area contributed by atoms with Crippen LogP contribution in [-0.4, -0.2) is 45.3 Å². The summed E-state index contributed by atoms with van der Waals surface area (Å²) in [6, 6.07) is 37.8. The van der Waals surface area contributed by atoms with Gasteiger partial charge in [-0.25, -0.2) is 0 Å². The number of benzene rings is 6. The smallest absolute Gasteiger partial charge is 0.193 e. The first-order valence-corrected chi connectivity index (χ1v) is 36.5. The quantitative estimate of drug-likeness (QED) is 0.0878. The monoisotopic (exact) mass is 1300 g/mol. The van der Waals surface area contributed by atoms with Crippen molar-refractivity contribution in [3.63, 3.8) is 0 Å². The molecule has 0 heterocycles. The van der Waals surface area contributed by atoms with Gasteiger partial charge in [0.2, 0.25) is 0 Å². The third kappa shape index (κ3) is 16.2. The van der Waals surface area contributed by atoms with E-state index in [0.29, 0.717) is 48.8 Å². The van der Waals surface area contributed by atoms with Crippen LogP contribution < -0.4 is 5.30 Å². The second-order valence-corrected chi connectivity index (χ2v) is 33.9. The minimum Gasteiger partial charge on any atom is -0.512 e. The van der Waals surface area contributed by atoms with Gasteiger partial charge in [-0.3, -0.25) is 24.0 Å². The SMILES string of the molecule is Cc1cc(C)c(-c2ccccc2P(C2CCCCC2)C2CCCCC2)c(C)c1.Cc1cc2c(cc1C(=O)c1ccc(Br)cc1)C(C)(C)CCC2(C)C.Cc1cc2c(cc1C(=O)c1ccc(C3=C(O)CCCC3=O)cc1)C(C)(C)CCC2(C)C.O=C1CCCC(=O)C1. The molecule has 0 saturated heterocycles. The first-order valence-electron chi connectivity index (χ1n) is 34.3. The molecule has 6 aromatic rings. The van der Waals surface area contributed by atoms with Gasteiger partial charge in [0, 0.05) is 52.4 Å². The minimum absolute atomic E-state index is 0.000739. The second kappa shape index (κ2) is 29.2. The van der Waals surface area contributed by atoms with Crippen molar-refractivity contribution >= 4 is 63.6 Å². The van der Waals surface area contributed by atoms with Crippen LogP contribution in [0.2, 0.25) is 0 Å². The first-order chi connectivity index (χ1) is 43.1. The number of hydrogen-bond donors (Lipinski definition) is 1. The standard InChI is InChI=1S/C28H32O3.C27H37P.C22H25BrO.C6H8O2/c1-17-15-21-22(28(4,5)14-13-27(21,2)3)16-20(17)26(31)19-11-9-18(10-12-19)25-23(29)7-6-8-24(25)30;1-20-18-21(2)27(22(3)19-20)25-16-10-11-17-26(25)28(23-12-6-4-7-13-23)24-14-8-5-9-15-24;1-14-12-18-19(22(4,5)11-10-21(18,2)3)13-17(14)20(24)15-6-8-16(23)9-7-15;7-5-2-1-3-6(8)4-5/h9-12,15-16,29H,6-8,13-14H2,1-5H3;10-11,16-19,23-24H,4-9,12-15H2,1-3H3;6-9,12-13H,10-11H2,1-5H3;1-4H2. The Balaban J connectivity index is 0.000000153. The molecular formula is C83H102BrO6P. The third-order valence-corrected chi connectivity index (χ3v) is 25.3. The zero-order chi connectivity index (χ0) is 65.7. The second-order valence-electron chi connectivity index (χ2n) is 30.2. The average Bonchev–Trinajstić information content (AvgIpc) is 1.47. The summed E-state index contributed by atoms with van der Waals surface area (Å²) < 4.78 is 0.990. The molecule has 8 heteroatoms. The van der Waals surface area contributed by atoms with Crippen LogP contribution in [0.5, 0.6) is 0 Å². The summed E-state index contributed by atoms with van der Waals surface area (Å²) in [5, 5.41) is 11.9. The Hall–Kier alpha value is -5.88. The van der Waals surface area contributed by atoms with E-state index >= 15 is 0 Å². The zero-order valence-corrected chi connectivity index (χ0v) is 59.7. The van der Waals surface area contributed by atoms with Gasteiger partial charge in [-0.2, -0.15) is 0 Å². The van der Waals surface area contributed by atoms with Crippen molar-refractivity contribution < 1.29 is 29.1 Å². The largest absolute Gasteiger partial charge is 0.512 e. The van der Waals surface area contributed by atoms with E-state index in [0.717, 1.165) is 69.3 Å². The van der Waals surface area contributed by atoms with Gasteiger partial charge in [0.1, 0.15) is 17.3 Å².